The maximum atomic E-state index is 13.5. The lowest BCUT2D eigenvalue weighted by Crippen LogP contribution is -2.29. The number of nitrogens with one attached hydrogen (secondary N) is 1. The van der Waals surface area contributed by atoms with Gasteiger partial charge < -0.3 is 10.1 Å². The second-order valence-electron chi connectivity index (χ2n) is 8.35. The Labute approximate surface area is 201 Å². The van der Waals surface area contributed by atoms with Gasteiger partial charge in [-0.05, 0) is 42.3 Å². The molecule has 0 radical (unpaired) electrons. The van der Waals surface area contributed by atoms with Crippen LogP contribution in [0.15, 0.2) is 103 Å². The van der Waals surface area contributed by atoms with Crippen LogP contribution in [0.4, 0.5) is 5.95 Å². The summed E-state index contributed by atoms with van der Waals surface area (Å²) >= 11 is 0. The minimum absolute atomic E-state index is 0.200. The van der Waals surface area contributed by atoms with Gasteiger partial charge in [-0.1, -0.05) is 54.6 Å². The molecule has 0 amide bonds. The van der Waals surface area contributed by atoms with Crippen molar-refractivity contribution in [2.24, 2.45) is 0 Å². The van der Waals surface area contributed by atoms with Crippen LogP contribution in [-0.2, 0) is 16.1 Å². The zero-order chi connectivity index (χ0) is 23.8. The lowest BCUT2D eigenvalue weighted by atomic mass is 9.95. The van der Waals surface area contributed by atoms with E-state index in [2.05, 4.69) is 20.0 Å². The van der Waals surface area contributed by atoms with E-state index in [4.69, 9.17) is 9.72 Å². The highest BCUT2D eigenvalue weighted by Gasteiger charge is 2.35. The Hall–Kier alpha value is -4.72. The van der Waals surface area contributed by atoms with E-state index in [1.165, 1.54) is 6.33 Å². The van der Waals surface area contributed by atoms with E-state index < -0.39 is 6.04 Å². The number of carbonyl (C=O) groups is 1. The summed E-state index contributed by atoms with van der Waals surface area (Å²) in [7, 11) is 0. The zero-order valence-electron chi connectivity index (χ0n) is 19.0. The predicted octanol–water partition coefficient (Wildman–Crippen LogP) is 4.65. The van der Waals surface area contributed by atoms with E-state index in [1.54, 1.807) is 11.0 Å². The minimum Gasteiger partial charge on any atom is -0.457 e. The number of aromatic nitrogens is 5. The van der Waals surface area contributed by atoms with Gasteiger partial charge in [0.05, 0.1) is 28.3 Å². The highest BCUT2D eigenvalue weighted by molar-refractivity contribution is 5.94. The lowest BCUT2D eigenvalue weighted by Gasteiger charge is -2.30. The first kappa shape index (κ1) is 20.9. The van der Waals surface area contributed by atoms with E-state index >= 15 is 0 Å². The van der Waals surface area contributed by atoms with E-state index in [0.29, 0.717) is 11.5 Å². The van der Waals surface area contributed by atoms with Crippen LogP contribution in [0.2, 0.25) is 0 Å². The van der Waals surface area contributed by atoms with Gasteiger partial charge >= 0.3 is 5.97 Å². The van der Waals surface area contributed by atoms with Crippen LogP contribution in [0, 0.1) is 0 Å². The van der Waals surface area contributed by atoms with Crippen molar-refractivity contribution >= 4 is 23.0 Å². The fourth-order valence-electron chi connectivity index (χ4n) is 4.50. The van der Waals surface area contributed by atoms with Crippen LogP contribution in [0.5, 0.6) is 0 Å². The first-order chi connectivity index (χ1) is 17.2. The molecule has 1 unspecified atom stereocenters. The van der Waals surface area contributed by atoms with Gasteiger partial charge in [0.15, 0.2) is 0 Å². The van der Waals surface area contributed by atoms with Crippen LogP contribution in [0.1, 0.15) is 24.1 Å². The van der Waals surface area contributed by atoms with E-state index in [-0.39, 0.29) is 12.6 Å². The zero-order valence-corrected chi connectivity index (χ0v) is 19.0. The Balaban J connectivity index is 1.43. The number of carbonyl (C=O) groups excluding carboxylic acids is 1. The number of benzene rings is 3. The fourth-order valence-corrected chi connectivity index (χ4v) is 4.50. The topological polar surface area (TPSA) is 86.9 Å². The van der Waals surface area contributed by atoms with Gasteiger partial charge in [0.2, 0.25) is 5.95 Å². The maximum Gasteiger partial charge on any atom is 0.338 e. The number of imidazole rings is 1. The predicted molar refractivity (Wildman–Crippen MR) is 132 cm³/mol. The normalized spacial score (nSPS) is 15.1. The van der Waals surface area contributed by atoms with Crippen molar-refractivity contribution < 1.29 is 9.53 Å². The molecule has 8 heteroatoms. The molecule has 5 aromatic rings. The number of esters is 1. The average Bonchev–Trinajstić information content (AvgIpc) is 3.55. The van der Waals surface area contributed by atoms with Gasteiger partial charge in [-0.25, -0.2) is 19.4 Å². The van der Waals surface area contributed by atoms with Crippen molar-refractivity contribution in [1.82, 2.24) is 24.3 Å². The number of nitrogens with zero attached hydrogens (tertiary/aromatic N) is 5. The van der Waals surface area contributed by atoms with E-state index in [9.17, 15) is 4.79 Å². The highest BCUT2D eigenvalue weighted by Crippen LogP contribution is 2.39. The van der Waals surface area contributed by atoms with Crippen LogP contribution < -0.4 is 5.32 Å². The van der Waals surface area contributed by atoms with Crippen molar-refractivity contribution in [3.05, 3.63) is 114 Å². The van der Waals surface area contributed by atoms with Gasteiger partial charge in [-0.15, -0.1) is 0 Å². The lowest BCUT2D eigenvalue weighted by molar-refractivity contribution is -0.140. The molecule has 1 aliphatic rings. The summed E-state index contributed by atoms with van der Waals surface area (Å²) in [6.45, 7) is 2.09. The third-order valence-electron chi connectivity index (χ3n) is 6.16. The number of fused-ring (bicyclic) bond motifs is 3. The monoisotopic (exact) mass is 462 g/mol. The SMILES string of the molecule is CC1=C(C(=O)OCc2ccccc2)C(c2ccc(-n3cncn3)cc2)n2c(nc3ccccc32)N1. The van der Waals surface area contributed by atoms with Crippen molar-refractivity contribution in [2.75, 3.05) is 5.32 Å². The van der Waals surface area contributed by atoms with Crippen LogP contribution in [0.25, 0.3) is 16.7 Å². The summed E-state index contributed by atoms with van der Waals surface area (Å²) in [6.07, 6.45) is 3.15. The first-order valence-corrected chi connectivity index (χ1v) is 11.3. The number of hydrogen-bond donors (Lipinski definition) is 1. The molecule has 3 aromatic carbocycles. The quantitative estimate of drug-likeness (QED) is 0.383. The Morgan fingerprint density at radius 1 is 1.00 bits per heavy atom. The van der Waals surface area contributed by atoms with Crippen molar-refractivity contribution in [2.45, 2.75) is 19.6 Å². The highest BCUT2D eigenvalue weighted by atomic mass is 16.5. The molecule has 0 saturated heterocycles. The maximum absolute atomic E-state index is 13.5. The Morgan fingerprint density at radius 3 is 2.54 bits per heavy atom. The van der Waals surface area contributed by atoms with Crippen LogP contribution in [-0.4, -0.2) is 30.3 Å². The molecule has 0 aliphatic carbocycles. The smallest absolute Gasteiger partial charge is 0.338 e. The molecule has 0 spiro atoms. The molecular weight excluding hydrogens is 440 g/mol. The Morgan fingerprint density at radius 2 is 1.77 bits per heavy atom. The molecule has 172 valence electrons. The largest absolute Gasteiger partial charge is 0.457 e. The molecule has 1 N–H and O–H groups in total. The van der Waals surface area contributed by atoms with Crippen molar-refractivity contribution in [1.29, 1.82) is 0 Å². The summed E-state index contributed by atoms with van der Waals surface area (Å²) in [5.41, 5.74) is 5.80. The molecule has 3 heterocycles. The van der Waals surface area contributed by atoms with Gasteiger partial charge in [-0.3, -0.25) is 4.57 Å². The molecule has 0 fully saturated rings. The summed E-state index contributed by atoms with van der Waals surface area (Å²) in [5, 5.41) is 7.52. The summed E-state index contributed by atoms with van der Waals surface area (Å²) in [4.78, 5) is 22.3. The summed E-state index contributed by atoms with van der Waals surface area (Å²) in [5.74, 6) is 0.321. The second kappa shape index (κ2) is 8.57. The fraction of sp³-hybridized carbons (Fsp3) is 0.111. The first-order valence-electron chi connectivity index (χ1n) is 11.3. The molecule has 8 nitrogen and oxygen atoms in total. The minimum atomic E-state index is -0.410. The molecule has 35 heavy (non-hydrogen) atoms. The molecule has 0 bridgehead atoms. The van der Waals surface area contributed by atoms with E-state index in [1.807, 2.05) is 85.8 Å². The van der Waals surface area contributed by atoms with Gasteiger partial charge in [0.1, 0.15) is 19.3 Å². The van der Waals surface area contributed by atoms with Crippen LogP contribution in [0.3, 0.4) is 0 Å². The molecule has 2 aromatic heterocycles. The Kier molecular flexibility index (Phi) is 5.11. The number of hydrogen-bond acceptors (Lipinski definition) is 6. The number of allylic oxidation sites excluding steroid dienone is 1. The van der Waals surface area contributed by atoms with Gasteiger partial charge in [-0.2, -0.15) is 5.10 Å². The van der Waals surface area contributed by atoms with Crippen molar-refractivity contribution in [3.8, 4) is 5.69 Å². The molecule has 1 atom stereocenters. The molecule has 6 rings (SSSR count). The number of ether oxygens (including phenoxy) is 1. The third kappa shape index (κ3) is 3.74. The standard InChI is InChI=1S/C27H22N6O2/c1-18-24(26(34)35-15-19-7-3-2-4-8-19)25(20-11-13-21(14-12-20)32-17-28-16-29-32)33-23-10-6-5-9-22(23)31-27(33)30-18/h2-14,16-17,25H,15H2,1H3,(H,30,31). The summed E-state index contributed by atoms with van der Waals surface area (Å²) < 4.78 is 9.54. The van der Waals surface area contributed by atoms with Crippen molar-refractivity contribution in [3.63, 3.8) is 0 Å². The molecular formula is C27H22N6O2. The third-order valence-corrected chi connectivity index (χ3v) is 6.16. The number of rotatable bonds is 5. The molecule has 1 aliphatic heterocycles. The Bertz CT molecular complexity index is 1540. The van der Waals surface area contributed by atoms with Gasteiger partial charge in [0.25, 0.3) is 0 Å². The molecule has 0 saturated carbocycles. The van der Waals surface area contributed by atoms with Crippen LogP contribution >= 0.6 is 0 Å². The summed E-state index contributed by atoms with van der Waals surface area (Å²) in [6, 6.07) is 25.1. The van der Waals surface area contributed by atoms with Gasteiger partial charge in [0, 0.05) is 5.70 Å². The average molecular weight is 463 g/mol. The number of para-hydroxylation sites is 2. The number of anilines is 1. The second-order valence-corrected chi connectivity index (χ2v) is 8.35. The van der Waals surface area contributed by atoms with E-state index in [0.717, 1.165) is 33.5 Å².